The number of aromatic nitrogens is 2. The Bertz CT molecular complexity index is 1130. The summed E-state index contributed by atoms with van der Waals surface area (Å²) in [7, 11) is 0. The summed E-state index contributed by atoms with van der Waals surface area (Å²) >= 11 is 0. The van der Waals surface area contributed by atoms with Crippen molar-refractivity contribution in [1.29, 1.82) is 0 Å². The monoisotopic (exact) mass is 468 g/mol. The number of benzene rings is 2. The van der Waals surface area contributed by atoms with Crippen molar-refractivity contribution in [3.05, 3.63) is 70.9 Å². The topological polar surface area (TPSA) is 97.8 Å². The van der Waals surface area contributed by atoms with E-state index in [-0.39, 0.29) is 19.0 Å². The summed E-state index contributed by atoms with van der Waals surface area (Å²) < 4.78 is 31.3. The average Bonchev–Trinajstić information content (AvgIpc) is 3.32. The molecular formula is C26H29FN2O5. The Morgan fingerprint density at radius 3 is 2.56 bits per heavy atom. The Hall–Kier alpha value is -3.07. The van der Waals surface area contributed by atoms with Crippen molar-refractivity contribution < 1.29 is 28.6 Å². The quantitative estimate of drug-likeness (QED) is 0.516. The predicted molar refractivity (Wildman–Crippen MR) is 125 cm³/mol. The molecule has 1 aliphatic heterocycles. The van der Waals surface area contributed by atoms with E-state index in [1.807, 2.05) is 44.2 Å². The molecule has 3 aromatic rings. The molecule has 1 aromatic heterocycles. The van der Waals surface area contributed by atoms with Crippen LogP contribution >= 0.6 is 0 Å². The molecule has 1 fully saturated rings. The first-order valence-electron chi connectivity index (χ1n) is 11.3. The standard InChI is InChI=1S/C26H29FN2O5/c1-17-13-19(14-18(2)24(17)33-16-20(31)15-30)25-28-23(34-29-25)7-8-26(9-11-32-12-10-26)21-5-3-4-6-22(21)27/h3-8,13-14,20,30-31H,9-12,15-16H2,1-2H3/t20-/m0/s1. The number of nitrogens with zero attached hydrogens (tertiary/aromatic N) is 2. The summed E-state index contributed by atoms with van der Waals surface area (Å²) in [5.41, 5.74) is 2.61. The first-order valence-corrected chi connectivity index (χ1v) is 11.3. The number of allylic oxidation sites excluding steroid dienone is 1. The van der Waals surface area contributed by atoms with Gasteiger partial charge in [-0.3, -0.25) is 0 Å². The number of aliphatic hydroxyl groups excluding tert-OH is 2. The maximum Gasteiger partial charge on any atom is 0.250 e. The van der Waals surface area contributed by atoms with Crippen LogP contribution in [0.5, 0.6) is 5.75 Å². The van der Waals surface area contributed by atoms with E-state index in [1.54, 1.807) is 12.1 Å². The molecule has 0 radical (unpaired) electrons. The van der Waals surface area contributed by atoms with Gasteiger partial charge < -0.3 is 24.2 Å². The maximum absolute atomic E-state index is 14.6. The zero-order chi connectivity index (χ0) is 24.1. The SMILES string of the molecule is Cc1cc(-c2noc(C=CC3(c4ccccc4F)CCOCC3)n2)cc(C)c1OC[C@@H](O)CO. The van der Waals surface area contributed by atoms with Gasteiger partial charge in [-0.1, -0.05) is 29.4 Å². The molecule has 34 heavy (non-hydrogen) atoms. The third-order valence-corrected chi connectivity index (χ3v) is 6.13. The lowest BCUT2D eigenvalue weighted by atomic mass is 9.73. The van der Waals surface area contributed by atoms with Gasteiger partial charge >= 0.3 is 0 Å². The first kappa shape index (κ1) is 24.1. The largest absolute Gasteiger partial charge is 0.490 e. The fourth-order valence-corrected chi connectivity index (χ4v) is 4.32. The van der Waals surface area contributed by atoms with Gasteiger partial charge in [0.15, 0.2) is 0 Å². The highest BCUT2D eigenvalue weighted by molar-refractivity contribution is 5.62. The highest BCUT2D eigenvalue weighted by Gasteiger charge is 2.34. The van der Waals surface area contributed by atoms with E-state index >= 15 is 0 Å². The molecule has 7 nitrogen and oxygen atoms in total. The van der Waals surface area contributed by atoms with Crippen LogP contribution in [-0.4, -0.2) is 52.9 Å². The van der Waals surface area contributed by atoms with Gasteiger partial charge in [0.1, 0.15) is 24.3 Å². The van der Waals surface area contributed by atoms with Crippen LogP contribution in [0.2, 0.25) is 0 Å². The van der Waals surface area contributed by atoms with Gasteiger partial charge in [0.05, 0.1) is 6.61 Å². The van der Waals surface area contributed by atoms with Crippen LogP contribution in [0.3, 0.4) is 0 Å². The van der Waals surface area contributed by atoms with Gasteiger partial charge in [-0.15, -0.1) is 0 Å². The van der Waals surface area contributed by atoms with Crippen LogP contribution in [0.1, 0.15) is 35.4 Å². The minimum atomic E-state index is -0.937. The van der Waals surface area contributed by atoms with Gasteiger partial charge in [0.2, 0.25) is 5.82 Å². The molecule has 0 bridgehead atoms. The fourth-order valence-electron chi connectivity index (χ4n) is 4.32. The van der Waals surface area contributed by atoms with Crippen molar-refractivity contribution in [2.75, 3.05) is 26.4 Å². The van der Waals surface area contributed by atoms with Gasteiger partial charge in [-0.2, -0.15) is 4.98 Å². The summed E-state index contributed by atoms with van der Waals surface area (Å²) in [5.74, 6) is 1.17. The average molecular weight is 469 g/mol. The van der Waals surface area contributed by atoms with Crippen molar-refractivity contribution >= 4 is 6.08 Å². The fraction of sp³-hybridized carbons (Fsp3) is 0.385. The van der Waals surface area contributed by atoms with E-state index < -0.39 is 11.5 Å². The third-order valence-electron chi connectivity index (χ3n) is 6.13. The van der Waals surface area contributed by atoms with Crippen molar-refractivity contribution in [2.24, 2.45) is 0 Å². The second-order valence-corrected chi connectivity index (χ2v) is 8.62. The summed E-state index contributed by atoms with van der Waals surface area (Å²) in [4.78, 5) is 4.51. The lowest BCUT2D eigenvalue weighted by Gasteiger charge is -2.35. The zero-order valence-electron chi connectivity index (χ0n) is 19.3. The Kier molecular flexibility index (Phi) is 7.41. The van der Waals surface area contributed by atoms with Crippen molar-refractivity contribution in [3.63, 3.8) is 0 Å². The van der Waals surface area contributed by atoms with Gasteiger partial charge in [0.25, 0.3) is 5.89 Å². The van der Waals surface area contributed by atoms with E-state index in [0.29, 0.717) is 49.1 Å². The molecular weight excluding hydrogens is 439 g/mol. The highest BCUT2D eigenvalue weighted by Crippen LogP contribution is 2.38. The van der Waals surface area contributed by atoms with E-state index in [0.717, 1.165) is 16.7 Å². The molecule has 1 saturated heterocycles. The second kappa shape index (κ2) is 10.5. The van der Waals surface area contributed by atoms with Crippen LogP contribution in [-0.2, 0) is 10.2 Å². The smallest absolute Gasteiger partial charge is 0.250 e. The molecule has 1 aliphatic rings. The number of hydrogen-bond acceptors (Lipinski definition) is 7. The van der Waals surface area contributed by atoms with Gasteiger partial charge in [0, 0.05) is 30.3 Å². The van der Waals surface area contributed by atoms with E-state index in [2.05, 4.69) is 10.1 Å². The summed E-state index contributed by atoms with van der Waals surface area (Å²) in [6, 6.07) is 10.6. The molecule has 4 rings (SSSR count). The first-order chi connectivity index (χ1) is 16.4. The predicted octanol–water partition coefficient (Wildman–Crippen LogP) is 3.99. The Morgan fingerprint density at radius 2 is 1.88 bits per heavy atom. The molecule has 0 saturated carbocycles. The van der Waals surface area contributed by atoms with Gasteiger partial charge in [-0.05, 0) is 61.6 Å². The number of hydrogen-bond donors (Lipinski definition) is 2. The lowest BCUT2D eigenvalue weighted by Crippen LogP contribution is -2.32. The molecule has 0 spiro atoms. The van der Waals surface area contributed by atoms with Crippen LogP contribution < -0.4 is 4.74 Å². The molecule has 2 aromatic carbocycles. The van der Waals surface area contributed by atoms with Crippen molar-refractivity contribution in [3.8, 4) is 17.1 Å². The molecule has 1 atom stereocenters. The van der Waals surface area contributed by atoms with E-state index in [9.17, 15) is 9.50 Å². The Balaban J connectivity index is 1.57. The Morgan fingerprint density at radius 1 is 1.18 bits per heavy atom. The maximum atomic E-state index is 14.6. The highest BCUT2D eigenvalue weighted by atomic mass is 19.1. The van der Waals surface area contributed by atoms with Crippen LogP contribution in [0.15, 0.2) is 47.0 Å². The van der Waals surface area contributed by atoms with E-state index in [4.69, 9.17) is 19.1 Å². The number of ether oxygens (including phenoxy) is 2. The van der Waals surface area contributed by atoms with Crippen molar-refractivity contribution in [1.82, 2.24) is 10.1 Å². The molecule has 180 valence electrons. The number of halogens is 1. The summed E-state index contributed by atoms with van der Waals surface area (Å²) in [6.07, 6.45) is 4.09. The summed E-state index contributed by atoms with van der Waals surface area (Å²) in [5, 5.41) is 22.6. The van der Waals surface area contributed by atoms with E-state index in [1.165, 1.54) is 6.07 Å². The number of aliphatic hydroxyl groups is 2. The molecule has 8 heteroatoms. The number of aryl methyl sites for hydroxylation is 2. The van der Waals surface area contributed by atoms with Crippen LogP contribution in [0, 0.1) is 19.7 Å². The zero-order valence-corrected chi connectivity index (χ0v) is 19.3. The minimum Gasteiger partial charge on any atom is -0.490 e. The van der Waals surface area contributed by atoms with Crippen LogP contribution in [0.4, 0.5) is 4.39 Å². The van der Waals surface area contributed by atoms with Gasteiger partial charge in [-0.25, -0.2) is 4.39 Å². The lowest BCUT2D eigenvalue weighted by molar-refractivity contribution is 0.0532. The molecule has 0 aliphatic carbocycles. The minimum absolute atomic E-state index is 0.00345. The van der Waals surface area contributed by atoms with Crippen LogP contribution in [0.25, 0.3) is 17.5 Å². The summed E-state index contributed by atoms with van der Waals surface area (Å²) in [6.45, 7) is 4.53. The molecule has 2 N–H and O–H groups in total. The normalized spacial score (nSPS) is 16.6. The molecule has 2 heterocycles. The third kappa shape index (κ3) is 5.19. The molecule has 0 amide bonds. The Labute approximate surface area is 197 Å². The van der Waals surface area contributed by atoms with Crippen molar-refractivity contribution in [2.45, 2.75) is 38.2 Å². The number of rotatable bonds is 8. The molecule has 0 unspecified atom stereocenters. The second-order valence-electron chi connectivity index (χ2n) is 8.62.